The van der Waals surface area contributed by atoms with Crippen molar-refractivity contribution in [2.75, 3.05) is 13.2 Å². The fraction of sp³-hybridized carbons (Fsp3) is 0.685. The van der Waals surface area contributed by atoms with Crippen molar-refractivity contribution in [3.05, 3.63) is 122 Å². The van der Waals surface area contributed by atoms with Gasteiger partial charge in [-0.05, 0) is 96.3 Å². The van der Waals surface area contributed by atoms with Crippen LogP contribution in [0.25, 0.3) is 0 Å². The van der Waals surface area contributed by atoms with Crippen LogP contribution >= 0.6 is 0 Å². The van der Waals surface area contributed by atoms with Crippen LogP contribution in [-0.4, -0.2) is 37.2 Å². The number of ether oxygens (including phenoxy) is 3. The molecule has 0 aliphatic carbocycles. The van der Waals surface area contributed by atoms with Crippen molar-refractivity contribution in [1.29, 1.82) is 0 Å². The van der Waals surface area contributed by atoms with Crippen molar-refractivity contribution in [2.45, 2.75) is 309 Å². The minimum absolute atomic E-state index is 0.0830. The van der Waals surface area contributed by atoms with Crippen molar-refractivity contribution in [3.63, 3.8) is 0 Å². The van der Waals surface area contributed by atoms with Gasteiger partial charge in [-0.2, -0.15) is 0 Å². The van der Waals surface area contributed by atoms with E-state index in [1.165, 1.54) is 128 Å². The lowest BCUT2D eigenvalue weighted by atomic mass is 10.0. The summed E-state index contributed by atoms with van der Waals surface area (Å²) in [4.78, 5) is 38.2. The lowest BCUT2D eigenvalue weighted by molar-refractivity contribution is -0.167. The van der Waals surface area contributed by atoms with E-state index in [4.69, 9.17) is 14.2 Å². The van der Waals surface area contributed by atoms with Crippen molar-refractivity contribution < 1.29 is 28.6 Å². The molecule has 0 saturated carbocycles. The highest BCUT2D eigenvalue weighted by Crippen LogP contribution is 2.16. The second-order valence-corrected chi connectivity index (χ2v) is 21.7. The molecule has 0 bridgehead atoms. The number of carbonyl (C=O) groups is 3. The molecular weight excluding hydrogens is 973 g/mol. The maximum atomic E-state index is 12.9. The maximum Gasteiger partial charge on any atom is 0.306 e. The highest BCUT2D eigenvalue weighted by Gasteiger charge is 2.19. The van der Waals surface area contributed by atoms with Crippen molar-refractivity contribution >= 4 is 17.9 Å². The lowest BCUT2D eigenvalue weighted by Gasteiger charge is -2.18. The first-order chi connectivity index (χ1) is 39.0. The standard InChI is InChI=1S/C73H122O6/c1-4-7-10-13-16-19-22-25-27-28-29-30-31-32-33-34-35-36-37-38-39-40-41-42-43-44-45-46-47-49-51-54-57-60-63-66-72(75)78-69-70(68-77-71(74)65-62-59-56-53-50-24-21-18-15-12-9-6-3)79-73(76)67-64-61-58-55-52-48-26-23-20-17-14-11-8-5-2/h7,10,16,19,25,27,29-30,32-33,35-36,38-39,41-42,44-45,47,49,70H,4-6,8-9,11-15,17-18,20-24,26,28,31,34,37,40,43,46,48,50-69H2,1-3H3/b10-7-,19-16-,27-25-,30-29-,33-32-,36-35-,39-38-,42-41-,45-44-,49-47-. The molecule has 0 aromatic rings. The summed E-state index contributed by atoms with van der Waals surface area (Å²) in [5.74, 6) is -0.901. The van der Waals surface area contributed by atoms with Gasteiger partial charge in [0.2, 0.25) is 0 Å². The molecule has 0 spiro atoms. The summed E-state index contributed by atoms with van der Waals surface area (Å²) < 4.78 is 16.9. The molecule has 0 rings (SSSR count). The third kappa shape index (κ3) is 64.5. The summed E-state index contributed by atoms with van der Waals surface area (Å²) in [6, 6.07) is 0. The largest absolute Gasteiger partial charge is 0.462 e. The summed E-state index contributed by atoms with van der Waals surface area (Å²) >= 11 is 0. The molecule has 1 atom stereocenters. The molecule has 0 aliphatic rings. The van der Waals surface area contributed by atoms with Crippen LogP contribution in [0.4, 0.5) is 0 Å². The van der Waals surface area contributed by atoms with Gasteiger partial charge < -0.3 is 14.2 Å². The van der Waals surface area contributed by atoms with Crippen molar-refractivity contribution in [1.82, 2.24) is 0 Å². The molecule has 0 saturated heterocycles. The van der Waals surface area contributed by atoms with Gasteiger partial charge in [-0.15, -0.1) is 0 Å². The van der Waals surface area contributed by atoms with Gasteiger partial charge in [-0.3, -0.25) is 14.4 Å². The van der Waals surface area contributed by atoms with Gasteiger partial charge in [0, 0.05) is 19.3 Å². The maximum absolute atomic E-state index is 12.9. The van der Waals surface area contributed by atoms with Gasteiger partial charge in [0.1, 0.15) is 13.2 Å². The Bertz CT molecular complexity index is 1640. The molecular formula is C73H122O6. The minimum Gasteiger partial charge on any atom is -0.462 e. The Morgan fingerprint density at radius 2 is 0.494 bits per heavy atom. The average molecular weight is 1100 g/mol. The Balaban J connectivity index is 4.27. The van der Waals surface area contributed by atoms with Crippen molar-refractivity contribution in [3.8, 4) is 0 Å². The van der Waals surface area contributed by atoms with E-state index in [2.05, 4.69) is 142 Å². The van der Waals surface area contributed by atoms with Crippen LogP contribution in [0.1, 0.15) is 303 Å². The smallest absolute Gasteiger partial charge is 0.306 e. The Morgan fingerprint density at radius 1 is 0.266 bits per heavy atom. The molecule has 6 heteroatoms. The average Bonchev–Trinajstić information content (AvgIpc) is 3.45. The molecule has 0 radical (unpaired) electrons. The molecule has 450 valence electrons. The molecule has 1 unspecified atom stereocenters. The van der Waals surface area contributed by atoms with Gasteiger partial charge in [-0.25, -0.2) is 0 Å². The van der Waals surface area contributed by atoms with Gasteiger partial charge in [0.15, 0.2) is 6.10 Å². The van der Waals surface area contributed by atoms with Crippen LogP contribution in [0.5, 0.6) is 0 Å². The van der Waals surface area contributed by atoms with Crippen LogP contribution in [0.2, 0.25) is 0 Å². The number of allylic oxidation sites excluding steroid dienone is 20. The summed E-state index contributed by atoms with van der Waals surface area (Å²) in [7, 11) is 0. The molecule has 6 nitrogen and oxygen atoms in total. The van der Waals surface area contributed by atoms with E-state index in [0.717, 1.165) is 135 Å². The Morgan fingerprint density at radius 3 is 0.772 bits per heavy atom. The van der Waals surface area contributed by atoms with E-state index in [0.29, 0.717) is 19.3 Å². The summed E-state index contributed by atoms with van der Waals surface area (Å²) in [6.07, 6.45) is 92.1. The first-order valence-corrected chi connectivity index (χ1v) is 33.0. The van der Waals surface area contributed by atoms with Crippen LogP contribution in [0.3, 0.4) is 0 Å². The topological polar surface area (TPSA) is 78.9 Å². The molecule has 79 heavy (non-hydrogen) atoms. The normalized spacial score (nSPS) is 12.9. The molecule has 0 aromatic heterocycles. The van der Waals surface area contributed by atoms with E-state index >= 15 is 0 Å². The third-order valence-corrected chi connectivity index (χ3v) is 14.0. The number of hydrogen-bond donors (Lipinski definition) is 0. The Labute approximate surface area is 488 Å². The SMILES string of the molecule is CC/C=C\C/C=C\C/C=C\C/C=C\C/C=C\C/C=C\C/C=C\C/C=C\C/C=C\C/C=C\CCCCCCC(=O)OCC(COC(=O)CCCCCCCCCCCCCC)OC(=O)CCCCCCCCCCCCCCCC. The number of unbranched alkanes of at least 4 members (excludes halogenated alkanes) is 28. The van der Waals surface area contributed by atoms with Crippen LogP contribution in [0.15, 0.2) is 122 Å². The first kappa shape index (κ1) is 74.8. The molecule has 0 amide bonds. The minimum atomic E-state index is -0.787. The van der Waals surface area contributed by atoms with Crippen LogP contribution < -0.4 is 0 Å². The Kier molecular flexibility index (Phi) is 62.8. The van der Waals surface area contributed by atoms with Crippen molar-refractivity contribution in [2.24, 2.45) is 0 Å². The molecule has 0 aliphatic heterocycles. The van der Waals surface area contributed by atoms with E-state index in [9.17, 15) is 14.4 Å². The second-order valence-electron chi connectivity index (χ2n) is 21.7. The van der Waals surface area contributed by atoms with Crippen LogP contribution in [-0.2, 0) is 28.6 Å². The fourth-order valence-electron chi connectivity index (χ4n) is 9.06. The zero-order valence-corrected chi connectivity index (χ0v) is 51.6. The van der Waals surface area contributed by atoms with Gasteiger partial charge in [0.05, 0.1) is 0 Å². The zero-order valence-electron chi connectivity index (χ0n) is 51.6. The summed E-state index contributed by atoms with van der Waals surface area (Å²) in [5, 5.41) is 0. The number of rotatable bonds is 59. The van der Waals surface area contributed by atoms with Crippen LogP contribution in [0, 0.1) is 0 Å². The monoisotopic (exact) mass is 1090 g/mol. The highest BCUT2D eigenvalue weighted by molar-refractivity contribution is 5.71. The number of hydrogen-bond acceptors (Lipinski definition) is 6. The summed E-state index contributed by atoms with van der Waals surface area (Å²) in [6.45, 7) is 6.52. The zero-order chi connectivity index (χ0) is 57.1. The van der Waals surface area contributed by atoms with E-state index in [1.807, 2.05) is 0 Å². The predicted octanol–water partition coefficient (Wildman–Crippen LogP) is 22.8. The molecule has 0 fully saturated rings. The van der Waals surface area contributed by atoms with E-state index in [1.54, 1.807) is 0 Å². The molecule has 0 heterocycles. The fourth-order valence-corrected chi connectivity index (χ4v) is 9.06. The quantitative estimate of drug-likeness (QED) is 0.0261. The number of esters is 3. The first-order valence-electron chi connectivity index (χ1n) is 33.0. The number of carbonyl (C=O) groups excluding carboxylic acids is 3. The molecule has 0 aromatic carbocycles. The predicted molar refractivity (Wildman–Crippen MR) is 343 cm³/mol. The van der Waals surface area contributed by atoms with Gasteiger partial charge >= 0.3 is 17.9 Å². The second kappa shape index (κ2) is 66.3. The lowest BCUT2D eigenvalue weighted by Crippen LogP contribution is -2.30. The van der Waals surface area contributed by atoms with E-state index < -0.39 is 6.10 Å². The van der Waals surface area contributed by atoms with Gasteiger partial charge in [-0.1, -0.05) is 309 Å². The highest BCUT2D eigenvalue weighted by atomic mass is 16.6. The van der Waals surface area contributed by atoms with E-state index in [-0.39, 0.29) is 31.1 Å². The summed E-state index contributed by atoms with van der Waals surface area (Å²) in [5.41, 5.74) is 0. The molecule has 0 N–H and O–H groups in total. The Hall–Kier alpha value is -4.19. The third-order valence-electron chi connectivity index (χ3n) is 14.0. The van der Waals surface area contributed by atoms with Gasteiger partial charge in [0.25, 0.3) is 0 Å².